The van der Waals surface area contributed by atoms with Crippen LogP contribution in [0.1, 0.15) is 32.8 Å². The van der Waals surface area contributed by atoms with Crippen molar-refractivity contribution in [2.75, 3.05) is 21.5 Å². The second-order valence-corrected chi connectivity index (χ2v) is 8.26. The van der Waals surface area contributed by atoms with Gasteiger partial charge in [0.1, 0.15) is 5.82 Å². The van der Waals surface area contributed by atoms with Gasteiger partial charge in [0.05, 0.1) is 4.90 Å². The van der Waals surface area contributed by atoms with Crippen LogP contribution in [0, 0.1) is 0 Å². The number of benzene rings is 1. The van der Waals surface area contributed by atoms with Crippen molar-refractivity contribution in [3.05, 3.63) is 35.9 Å². The first kappa shape index (κ1) is 19.1. The molecule has 3 rings (SSSR count). The fourth-order valence-corrected chi connectivity index (χ4v) is 3.93. The van der Waals surface area contributed by atoms with Gasteiger partial charge in [0, 0.05) is 25.2 Å². The van der Waals surface area contributed by atoms with Crippen LogP contribution in [-0.2, 0) is 21.2 Å². The van der Waals surface area contributed by atoms with Crippen molar-refractivity contribution in [1.29, 1.82) is 0 Å². The summed E-state index contributed by atoms with van der Waals surface area (Å²) in [4.78, 5) is 13.4. The largest absolute Gasteiger partial charge is 0.366 e. The number of hydrogen-bond donors (Lipinski definition) is 2. The number of anilines is 3. The van der Waals surface area contributed by atoms with Crippen LogP contribution in [-0.4, -0.2) is 37.1 Å². The third-order valence-corrected chi connectivity index (χ3v) is 5.90. The van der Waals surface area contributed by atoms with Gasteiger partial charge < -0.3 is 10.2 Å². The van der Waals surface area contributed by atoms with E-state index in [9.17, 15) is 13.2 Å². The van der Waals surface area contributed by atoms with E-state index in [1.807, 2.05) is 6.92 Å². The van der Waals surface area contributed by atoms with Gasteiger partial charge in [0.25, 0.3) is 10.0 Å². The summed E-state index contributed by atoms with van der Waals surface area (Å²) in [5.74, 6) is 0.688. The molecule has 0 saturated heterocycles. The van der Waals surface area contributed by atoms with Gasteiger partial charge in [-0.15, -0.1) is 10.2 Å². The van der Waals surface area contributed by atoms with Gasteiger partial charge >= 0.3 is 0 Å². The summed E-state index contributed by atoms with van der Waals surface area (Å²) in [5.41, 5.74) is 1.61. The number of rotatable bonds is 6. The zero-order valence-corrected chi connectivity index (χ0v) is 16.4. The molecule has 1 atom stereocenters. The number of hydrogen-bond acceptors (Lipinski definition) is 6. The van der Waals surface area contributed by atoms with Crippen LogP contribution >= 0.6 is 0 Å². The summed E-state index contributed by atoms with van der Waals surface area (Å²) in [6.07, 6.45) is 1.57. The number of aromatic nitrogens is 2. The van der Waals surface area contributed by atoms with Crippen molar-refractivity contribution in [2.45, 2.75) is 44.6 Å². The molecule has 0 spiro atoms. The van der Waals surface area contributed by atoms with Crippen molar-refractivity contribution in [3.8, 4) is 0 Å². The van der Waals surface area contributed by atoms with E-state index in [0.29, 0.717) is 18.8 Å². The van der Waals surface area contributed by atoms with E-state index in [4.69, 9.17) is 0 Å². The quantitative estimate of drug-likeness (QED) is 0.786. The Morgan fingerprint density at radius 1 is 1.22 bits per heavy atom. The van der Waals surface area contributed by atoms with E-state index >= 15 is 0 Å². The number of nitrogens with zero attached hydrogens (tertiary/aromatic N) is 3. The molecule has 1 aliphatic rings. The normalized spacial score (nSPS) is 14.6. The second-order valence-electron chi connectivity index (χ2n) is 6.57. The van der Waals surface area contributed by atoms with E-state index in [2.05, 4.69) is 27.2 Å². The SMILES string of the molecule is CCC(C)Nc1ccc(NS(=O)(=O)c2ccc3c(c2)CCN3C(C)=O)nn1. The Bertz CT molecular complexity index is 944. The van der Waals surface area contributed by atoms with Crippen LogP contribution in [0.25, 0.3) is 0 Å². The maximum Gasteiger partial charge on any atom is 0.263 e. The fourth-order valence-electron chi connectivity index (χ4n) is 2.89. The van der Waals surface area contributed by atoms with Crippen molar-refractivity contribution in [3.63, 3.8) is 0 Å². The van der Waals surface area contributed by atoms with Gasteiger partial charge in [0.15, 0.2) is 5.82 Å². The summed E-state index contributed by atoms with van der Waals surface area (Å²) in [7, 11) is -3.79. The van der Waals surface area contributed by atoms with Gasteiger partial charge in [-0.25, -0.2) is 8.42 Å². The fraction of sp³-hybridized carbons (Fsp3) is 0.389. The zero-order chi connectivity index (χ0) is 19.6. The Morgan fingerprint density at radius 3 is 2.56 bits per heavy atom. The van der Waals surface area contributed by atoms with Crippen LogP contribution < -0.4 is 14.9 Å². The average molecular weight is 389 g/mol. The first-order valence-corrected chi connectivity index (χ1v) is 10.3. The lowest BCUT2D eigenvalue weighted by molar-refractivity contribution is -0.116. The van der Waals surface area contributed by atoms with Gasteiger partial charge in [0.2, 0.25) is 5.91 Å². The third kappa shape index (κ3) is 4.19. The summed E-state index contributed by atoms with van der Waals surface area (Å²) in [6, 6.07) is 8.28. The summed E-state index contributed by atoms with van der Waals surface area (Å²) >= 11 is 0. The molecule has 8 nitrogen and oxygen atoms in total. The van der Waals surface area contributed by atoms with E-state index < -0.39 is 10.0 Å². The van der Waals surface area contributed by atoms with Crippen LogP contribution in [0.15, 0.2) is 35.2 Å². The van der Waals surface area contributed by atoms with E-state index in [-0.39, 0.29) is 22.7 Å². The van der Waals surface area contributed by atoms with Crippen LogP contribution in [0.5, 0.6) is 0 Å². The maximum absolute atomic E-state index is 12.7. The van der Waals surface area contributed by atoms with Gasteiger partial charge in [-0.2, -0.15) is 0 Å². The number of amides is 1. The molecule has 0 aliphatic carbocycles. The number of sulfonamides is 1. The van der Waals surface area contributed by atoms with Crippen molar-refractivity contribution in [1.82, 2.24) is 10.2 Å². The molecule has 0 saturated carbocycles. The molecule has 1 unspecified atom stereocenters. The van der Waals surface area contributed by atoms with Crippen LogP contribution in [0.2, 0.25) is 0 Å². The predicted molar refractivity (Wildman–Crippen MR) is 104 cm³/mol. The number of carbonyl (C=O) groups excluding carboxylic acids is 1. The minimum absolute atomic E-state index is 0.0520. The van der Waals surface area contributed by atoms with Gasteiger partial charge in [-0.05, 0) is 55.7 Å². The summed E-state index contributed by atoms with van der Waals surface area (Å²) in [6.45, 7) is 6.15. The highest BCUT2D eigenvalue weighted by Gasteiger charge is 2.25. The highest BCUT2D eigenvalue weighted by Crippen LogP contribution is 2.30. The Kier molecular flexibility index (Phi) is 5.31. The predicted octanol–water partition coefficient (Wildman–Crippen LogP) is 2.40. The molecule has 2 heterocycles. The average Bonchev–Trinajstić information content (AvgIpc) is 3.06. The topological polar surface area (TPSA) is 104 Å². The molecule has 0 radical (unpaired) electrons. The molecule has 9 heteroatoms. The second kappa shape index (κ2) is 7.51. The highest BCUT2D eigenvalue weighted by molar-refractivity contribution is 7.92. The van der Waals surface area contributed by atoms with Gasteiger partial charge in [-0.3, -0.25) is 9.52 Å². The van der Waals surface area contributed by atoms with Crippen LogP contribution in [0.4, 0.5) is 17.3 Å². The molecule has 1 aliphatic heterocycles. The Hall–Kier alpha value is -2.68. The molecule has 1 amide bonds. The number of nitrogens with one attached hydrogen (secondary N) is 2. The molecule has 144 valence electrons. The Balaban J connectivity index is 1.76. The molecular formula is C18H23N5O3S. The lowest BCUT2D eigenvalue weighted by atomic mass is 10.2. The summed E-state index contributed by atoms with van der Waals surface area (Å²) < 4.78 is 27.7. The lowest BCUT2D eigenvalue weighted by Crippen LogP contribution is -2.25. The van der Waals surface area contributed by atoms with Crippen molar-refractivity contribution < 1.29 is 13.2 Å². The molecule has 0 fully saturated rings. The van der Waals surface area contributed by atoms with Gasteiger partial charge in [-0.1, -0.05) is 6.92 Å². The lowest BCUT2D eigenvalue weighted by Gasteiger charge is -2.15. The van der Waals surface area contributed by atoms with Crippen molar-refractivity contribution in [2.24, 2.45) is 0 Å². The van der Waals surface area contributed by atoms with E-state index in [1.165, 1.54) is 13.0 Å². The Labute approximate surface area is 159 Å². The standard InChI is InChI=1S/C18H23N5O3S/c1-4-12(2)19-17-7-8-18(21-20-17)22-27(25,26)15-5-6-16-14(11-15)9-10-23(16)13(3)24/h5-8,11-12H,4,9-10H2,1-3H3,(H,19,20)(H,21,22). The molecule has 27 heavy (non-hydrogen) atoms. The Morgan fingerprint density at radius 2 is 1.93 bits per heavy atom. The molecule has 2 N–H and O–H groups in total. The monoisotopic (exact) mass is 389 g/mol. The first-order chi connectivity index (χ1) is 12.8. The highest BCUT2D eigenvalue weighted by atomic mass is 32.2. The molecule has 0 bridgehead atoms. The number of fused-ring (bicyclic) bond motifs is 1. The summed E-state index contributed by atoms with van der Waals surface area (Å²) in [5, 5.41) is 11.1. The van der Waals surface area contributed by atoms with Crippen molar-refractivity contribution >= 4 is 33.3 Å². The first-order valence-electron chi connectivity index (χ1n) is 8.84. The molecule has 1 aromatic carbocycles. The van der Waals surface area contributed by atoms with Crippen LogP contribution in [0.3, 0.4) is 0 Å². The smallest absolute Gasteiger partial charge is 0.263 e. The third-order valence-electron chi connectivity index (χ3n) is 4.55. The number of carbonyl (C=O) groups is 1. The zero-order valence-electron chi connectivity index (χ0n) is 15.6. The molecular weight excluding hydrogens is 366 g/mol. The van der Waals surface area contributed by atoms with E-state index in [1.54, 1.807) is 29.2 Å². The minimum atomic E-state index is -3.79. The molecule has 2 aromatic rings. The van der Waals surface area contributed by atoms with E-state index in [0.717, 1.165) is 17.7 Å². The minimum Gasteiger partial charge on any atom is -0.366 e. The maximum atomic E-state index is 12.7. The molecule has 1 aromatic heterocycles.